The molecule has 4 aromatic rings. The summed E-state index contributed by atoms with van der Waals surface area (Å²) in [6.07, 6.45) is 0. The summed E-state index contributed by atoms with van der Waals surface area (Å²) < 4.78 is 0. The number of hydrogen-bond acceptors (Lipinski definition) is 0. The second kappa shape index (κ2) is 4.97. The van der Waals surface area contributed by atoms with Crippen molar-refractivity contribution in [2.45, 2.75) is 0 Å². The third-order valence-corrected chi connectivity index (χ3v) is 3.56. The molecule has 0 bridgehead atoms. The third-order valence-electron chi connectivity index (χ3n) is 3.56. The molecule has 0 radical (unpaired) electrons. The van der Waals surface area contributed by atoms with Gasteiger partial charge in [0.25, 0.3) is 0 Å². The van der Waals surface area contributed by atoms with E-state index in [-0.39, 0.29) is 29.6 Å². The minimum absolute atomic E-state index is 0. The van der Waals surface area contributed by atoms with E-state index in [1.807, 2.05) is 6.07 Å². The van der Waals surface area contributed by atoms with Gasteiger partial charge in [-0.1, -0.05) is 64.7 Å². The van der Waals surface area contributed by atoms with Crippen LogP contribution in [-0.4, -0.2) is 0 Å². The molecule has 4 rings (SSSR count). The van der Waals surface area contributed by atoms with Crippen LogP contribution in [0.4, 0.5) is 0 Å². The van der Waals surface area contributed by atoms with Gasteiger partial charge in [0.15, 0.2) is 0 Å². The van der Waals surface area contributed by atoms with Gasteiger partial charge in [-0.25, -0.2) is 0 Å². The van der Waals surface area contributed by atoms with E-state index in [9.17, 15) is 0 Å². The smallest absolute Gasteiger partial charge is 0.147 e. The predicted molar refractivity (Wildman–Crippen MR) is 77.8 cm³/mol. The van der Waals surface area contributed by atoms with Crippen LogP contribution >= 0.6 is 0 Å². The number of fused-ring (bicyclic) bond motifs is 6. The fraction of sp³-hybridized carbons (Fsp3) is 0. The molecule has 0 saturated heterocycles. The first kappa shape index (κ1) is 12.7. The molecule has 0 aliphatic heterocycles. The van der Waals surface area contributed by atoms with E-state index in [2.05, 4.69) is 66.7 Å². The number of hydrogen-bond donors (Lipinski definition) is 0. The third kappa shape index (κ3) is 1.88. The van der Waals surface area contributed by atoms with Crippen molar-refractivity contribution in [3.8, 4) is 0 Å². The first-order valence-electron chi connectivity index (χ1n) is 6.15. The quantitative estimate of drug-likeness (QED) is 0.254. The van der Waals surface area contributed by atoms with Gasteiger partial charge in [0.1, 0.15) is 0 Å². The second-order valence-electron chi connectivity index (χ2n) is 4.55. The summed E-state index contributed by atoms with van der Waals surface area (Å²) in [4.78, 5) is 0. The Hall–Kier alpha value is -1.34. The Morgan fingerprint density at radius 1 is 0.526 bits per heavy atom. The molecule has 0 saturated carbocycles. The van der Waals surface area contributed by atoms with Gasteiger partial charge >= 0.3 is 29.6 Å². The fourth-order valence-corrected chi connectivity index (χ4v) is 2.77. The Balaban J connectivity index is 0.00000110. The molecular formula is C18H11Na. The maximum Gasteiger partial charge on any atom is 1.00 e. The molecule has 0 fully saturated rings. The molecule has 0 N–H and O–H groups in total. The van der Waals surface area contributed by atoms with Gasteiger partial charge in [-0.15, -0.1) is 35.0 Å². The standard InChI is InChI=1S/C18H11.Na/c1-2-8-14-13(7-1)15-9-3-4-11-17(15)18-12-6-5-10-16(14)18;/h1-11H;/q-1;+1. The molecule has 1 heteroatoms. The van der Waals surface area contributed by atoms with E-state index in [1.54, 1.807) is 0 Å². The molecule has 0 atom stereocenters. The monoisotopic (exact) mass is 250 g/mol. The Bertz CT molecular complexity index is 657. The van der Waals surface area contributed by atoms with Crippen LogP contribution in [0.2, 0.25) is 0 Å². The largest absolute Gasteiger partial charge is 1.00 e. The van der Waals surface area contributed by atoms with Gasteiger partial charge in [0.2, 0.25) is 0 Å². The summed E-state index contributed by atoms with van der Waals surface area (Å²) in [6.45, 7) is 0. The molecule has 0 aliphatic rings. The van der Waals surface area contributed by atoms with Crippen LogP contribution in [0.3, 0.4) is 0 Å². The Labute approximate surface area is 134 Å². The van der Waals surface area contributed by atoms with Crippen LogP contribution in [0, 0.1) is 6.07 Å². The van der Waals surface area contributed by atoms with Gasteiger partial charge < -0.3 is 0 Å². The first-order valence-corrected chi connectivity index (χ1v) is 6.15. The zero-order valence-corrected chi connectivity index (χ0v) is 12.9. The van der Waals surface area contributed by atoms with Crippen LogP contribution in [0.15, 0.2) is 66.7 Å². The van der Waals surface area contributed by atoms with E-state index in [1.165, 1.54) is 32.3 Å². The summed E-state index contributed by atoms with van der Waals surface area (Å²) in [5.41, 5.74) is 0. The summed E-state index contributed by atoms with van der Waals surface area (Å²) in [7, 11) is 0. The Morgan fingerprint density at radius 3 is 1.53 bits per heavy atom. The molecule has 0 aliphatic carbocycles. The van der Waals surface area contributed by atoms with Crippen molar-refractivity contribution in [3.05, 3.63) is 72.8 Å². The molecule has 4 aromatic carbocycles. The topological polar surface area (TPSA) is 0 Å². The van der Waals surface area contributed by atoms with Crippen molar-refractivity contribution in [2.24, 2.45) is 0 Å². The van der Waals surface area contributed by atoms with Crippen molar-refractivity contribution in [3.63, 3.8) is 0 Å². The summed E-state index contributed by atoms with van der Waals surface area (Å²) in [5, 5.41) is 7.72. The van der Waals surface area contributed by atoms with E-state index < -0.39 is 0 Å². The first-order chi connectivity index (χ1) is 8.95. The maximum atomic E-state index is 3.39. The van der Waals surface area contributed by atoms with Gasteiger partial charge in [0.05, 0.1) is 0 Å². The minimum atomic E-state index is 0. The van der Waals surface area contributed by atoms with Gasteiger partial charge in [0, 0.05) is 0 Å². The van der Waals surface area contributed by atoms with Gasteiger partial charge in [-0.05, 0) is 5.39 Å². The summed E-state index contributed by atoms with van der Waals surface area (Å²) >= 11 is 0. The van der Waals surface area contributed by atoms with E-state index in [4.69, 9.17) is 0 Å². The SMILES string of the molecule is [Na+].[c-]1cccc2c1c1ccccc1c1ccccc21. The van der Waals surface area contributed by atoms with Gasteiger partial charge in [-0.2, -0.15) is 0 Å². The van der Waals surface area contributed by atoms with E-state index in [0.29, 0.717) is 0 Å². The average Bonchev–Trinajstić information content (AvgIpc) is 2.48. The van der Waals surface area contributed by atoms with Crippen molar-refractivity contribution >= 4 is 32.3 Å². The van der Waals surface area contributed by atoms with Crippen LogP contribution in [-0.2, 0) is 0 Å². The summed E-state index contributed by atoms with van der Waals surface area (Å²) in [6, 6.07) is 26.8. The zero-order chi connectivity index (χ0) is 11.9. The molecule has 0 spiro atoms. The molecule has 0 heterocycles. The van der Waals surface area contributed by atoms with E-state index >= 15 is 0 Å². The number of benzene rings is 4. The predicted octanol–water partition coefficient (Wildman–Crippen LogP) is 1.95. The maximum absolute atomic E-state index is 3.39. The molecule has 19 heavy (non-hydrogen) atoms. The van der Waals surface area contributed by atoms with Crippen molar-refractivity contribution < 1.29 is 29.6 Å². The van der Waals surface area contributed by atoms with Crippen LogP contribution in [0.1, 0.15) is 0 Å². The molecule has 0 amide bonds. The molecular weight excluding hydrogens is 239 g/mol. The van der Waals surface area contributed by atoms with Crippen LogP contribution in [0.5, 0.6) is 0 Å². The molecule has 0 unspecified atom stereocenters. The second-order valence-corrected chi connectivity index (χ2v) is 4.55. The molecule has 84 valence electrons. The molecule has 0 aromatic heterocycles. The van der Waals surface area contributed by atoms with Crippen LogP contribution < -0.4 is 29.6 Å². The Morgan fingerprint density at radius 2 is 0.947 bits per heavy atom. The van der Waals surface area contributed by atoms with Crippen LogP contribution in [0.25, 0.3) is 32.3 Å². The average molecular weight is 250 g/mol. The fourth-order valence-electron chi connectivity index (χ4n) is 2.77. The molecule has 0 nitrogen and oxygen atoms in total. The van der Waals surface area contributed by atoms with Gasteiger partial charge in [-0.3, -0.25) is 0 Å². The summed E-state index contributed by atoms with van der Waals surface area (Å²) in [5.74, 6) is 0. The number of rotatable bonds is 0. The Kier molecular flexibility index (Phi) is 3.32. The van der Waals surface area contributed by atoms with E-state index in [0.717, 1.165) is 0 Å². The van der Waals surface area contributed by atoms with Crippen molar-refractivity contribution in [1.29, 1.82) is 0 Å². The normalized spacial score (nSPS) is 10.7. The van der Waals surface area contributed by atoms with Crippen molar-refractivity contribution in [1.82, 2.24) is 0 Å². The van der Waals surface area contributed by atoms with Crippen molar-refractivity contribution in [2.75, 3.05) is 0 Å². The minimum Gasteiger partial charge on any atom is -0.147 e. The zero-order valence-electron chi connectivity index (χ0n) is 10.9.